The van der Waals surface area contributed by atoms with Crippen molar-refractivity contribution in [2.75, 3.05) is 13.2 Å². The first-order chi connectivity index (χ1) is 17.0. The van der Waals surface area contributed by atoms with E-state index in [2.05, 4.69) is 10.6 Å². The number of hydrogen-bond acceptors (Lipinski definition) is 4. The van der Waals surface area contributed by atoms with Crippen LogP contribution in [0.5, 0.6) is 0 Å². The Hall–Kier alpha value is -1.80. The molecule has 202 valence electrons. The van der Waals surface area contributed by atoms with Crippen molar-refractivity contribution in [2.24, 2.45) is 0 Å². The summed E-state index contributed by atoms with van der Waals surface area (Å²) in [5, 5.41) is 22.8. The Morgan fingerprint density at radius 3 is 1.34 bits per heavy atom. The number of aliphatic hydroxyl groups excluding tert-OH is 2. The molecule has 2 unspecified atom stereocenters. The van der Waals surface area contributed by atoms with Gasteiger partial charge in [0.05, 0.1) is 0 Å². The summed E-state index contributed by atoms with van der Waals surface area (Å²) in [6.07, 6.45) is 16.8. The van der Waals surface area contributed by atoms with E-state index in [-0.39, 0.29) is 25.3 Å². The van der Waals surface area contributed by atoms with Crippen LogP contribution < -0.4 is 10.6 Å². The molecular weight excluding hydrogens is 454 g/mol. The predicted octanol–water partition coefficient (Wildman–Crippen LogP) is 5.29. The van der Waals surface area contributed by atoms with Crippen LogP contribution in [0, 0.1) is 0 Å². The molecule has 0 spiro atoms. The highest BCUT2D eigenvalue weighted by Gasteiger charge is 2.28. The van der Waals surface area contributed by atoms with Gasteiger partial charge < -0.3 is 20.8 Å². The second kappa shape index (κ2) is 20.4. The average Bonchev–Trinajstić information content (AvgIpc) is 3.28. The number of hydrogen-bond donors (Lipinski definition) is 4. The Morgan fingerprint density at radius 1 is 0.629 bits per heavy atom. The minimum Gasteiger partial charge on any atom is -0.396 e. The minimum absolute atomic E-state index is 0.222. The first-order valence-corrected chi connectivity index (χ1v) is 13.5. The van der Waals surface area contributed by atoms with Crippen molar-refractivity contribution in [1.29, 1.82) is 0 Å². The van der Waals surface area contributed by atoms with Crippen LogP contribution in [0.1, 0.15) is 109 Å². The topological polar surface area (TPSA) is 98.7 Å². The molecule has 2 amide bonds. The van der Waals surface area contributed by atoms with Crippen molar-refractivity contribution >= 4 is 11.8 Å². The third-order valence-corrected chi connectivity index (χ3v) is 6.41. The van der Waals surface area contributed by atoms with Crippen LogP contribution in [0.15, 0.2) is 23.8 Å². The van der Waals surface area contributed by atoms with Crippen molar-refractivity contribution in [1.82, 2.24) is 10.6 Å². The monoisotopic (exact) mass is 500 g/mol. The van der Waals surface area contributed by atoms with E-state index in [9.17, 15) is 18.4 Å². The summed E-state index contributed by atoms with van der Waals surface area (Å²) in [5.74, 6) is -3.01. The van der Waals surface area contributed by atoms with Gasteiger partial charge in [0.15, 0.2) is 11.7 Å². The summed E-state index contributed by atoms with van der Waals surface area (Å²) in [6.45, 7) is 0.443. The smallest absolute Gasteiger partial charge is 0.279 e. The van der Waals surface area contributed by atoms with Crippen LogP contribution >= 0.6 is 0 Å². The zero-order valence-electron chi connectivity index (χ0n) is 21.2. The second-order valence-corrected chi connectivity index (χ2v) is 9.53. The van der Waals surface area contributed by atoms with Crippen molar-refractivity contribution in [3.8, 4) is 0 Å². The average molecular weight is 501 g/mol. The van der Waals surface area contributed by atoms with Gasteiger partial charge in [0.1, 0.15) is 0 Å². The molecule has 0 aromatic carbocycles. The number of carbonyl (C=O) groups excluding carboxylic acids is 2. The van der Waals surface area contributed by atoms with E-state index in [1.54, 1.807) is 0 Å². The molecule has 0 aliphatic heterocycles. The van der Waals surface area contributed by atoms with E-state index >= 15 is 0 Å². The van der Waals surface area contributed by atoms with E-state index < -0.39 is 23.5 Å². The van der Waals surface area contributed by atoms with Gasteiger partial charge in [-0.15, -0.1) is 0 Å². The number of allylic oxidation sites excluding steroid dienone is 2. The summed E-state index contributed by atoms with van der Waals surface area (Å²) in [5.41, 5.74) is 0. The highest BCUT2D eigenvalue weighted by Crippen LogP contribution is 2.21. The third kappa shape index (κ3) is 15.7. The molecule has 0 aromatic heterocycles. The quantitative estimate of drug-likeness (QED) is 0.135. The van der Waals surface area contributed by atoms with Crippen LogP contribution in [0.4, 0.5) is 8.78 Å². The summed E-state index contributed by atoms with van der Waals surface area (Å²) in [6, 6.07) is -0.479. The molecule has 1 saturated carbocycles. The van der Waals surface area contributed by atoms with E-state index in [0.717, 1.165) is 77.0 Å². The molecule has 2 atom stereocenters. The maximum atomic E-state index is 14.1. The first-order valence-electron chi connectivity index (χ1n) is 13.5. The summed E-state index contributed by atoms with van der Waals surface area (Å²) >= 11 is 0. The van der Waals surface area contributed by atoms with Crippen LogP contribution in [0.2, 0.25) is 0 Å². The van der Waals surface area contributed by atoms with Gasteiger partial charge in [-0.05, 0) is 69.9 Å². The van der Waals surface area contributed by atoms with Gasteiger partial charge >= 0.3 is 0 Å². The maximum Gasteiger partial charge on any atom is 0.279 e. The van der Waals surface area contributed by atoms with Crippen molar-refractivity contribution in [2.45, 2.75) is 121 Å². The molecule has 1 rings (SSSR count). The molecule has 0 radical (unpaired) electrons. The molecule has 1 fully saturated rings. The van der Waals surface area contributed by atoms with E-state index in [1.165, 1.54) is 12.2 Å². The number of rotatable bonds is 20. The van der Waals surface area contributed by atoms with Crippen molar-refractivity contribution < 1.29 is 28.6 Å². The van der Waals surface area contributed by atoms with E-state index in [1.807, 2.05) is 0 Å². The molecule has 0 saturated heterocycles. The minimum atomic E-state index is -0.778. The van der Waals surface area contributed by atoms with Crippen LogP contribution in [-0.2, 0) is 9.59 Å². The van der Waals surface area contributed by atoms with Gasteiger partial charge in [-0.25, -0.2) is 8.78 Å². The maximum absolute atomic E-state index is 14.1. The van der Waals surface area contributed by atoms with Gasteiger partial charge in [0, 0.05) is 25.3 Å². The number of halogens is 2. The molecule has 1 aliphatic rings. The Kier molecular flexibility index (Phi) is 18.2. The fourth-order valence-corrected chi connectivity index (χ4v) is 4.32. The standard InChI is InChI=1S/C27H46F2N2O4/c28-24(15-11-7-3-1-5-9-13-19-32)26(34)30-22-17-18-23(21-22)31-27(35)25(29)16-12-8-4-2-6-10-14-20-33/h15-16,22-23,32-33H,1-14,17-21H2,(H,30,34)(H,31,35). The number of carbonyl (C=O) groups is 2. The van der Waals surface area contributed by atoms with Crippen LogP contribution in [0.3, 0.4) is 0 Å². The lowest BCUT2D eigenvalue weighted by Crippen LogP contribution is -2.37. The fraction of sp³-hybridized carbons (Fsp3) is 0.778. The van der Waals surface area contributed by atoms with Gasteiger partial charge in [0.25, 0.3) is 11.8 Å². The molecule has 4 N–H and O–H groups in total. The second-order valence-electron chi connectivity index (χ2n) is 9.53. The predicted molar refractivity (Wildman–Crippen MR) is 135 cm³/mol. The summed E-state index contributed by atoms with van der Waals surface area (Å²) in [4.78, 5) is 24.1. The lowest BCUT2D eigenvalue weighted by Gasteiger charge is -2.14. The Labute approximate surface area is 209 Å². The van der Waals surface area contributed by atoms with Gasteiger partial charge in [0.2, 0.25) is 0 Å². The number of nitrogens with one attached hydrogen (secondary N) is 2. The van der Waals surface area contributed by atoms with Gasteiger partial charge in [-0.1, -0.05) is 51.4 Å². The zero-order chi connectivity index (χ0) is 25.7. The van der Waals surface area contributed by atoms with Crippen molar-refractivity contribution in [3.63, 3.8) is 0 Å². The lowest BCUT2D eigenvalue weighted by molar-refractivity contribution is -0.119. The zero-order valence-corrected chi connectivity index (χ0v) is 21.2. The normalized spacial score (nSPS) is 18.6. The lowest BCUT2D eigenvalue weighted by atomic mass is 10.1. The Bertz CT molecular complexity index is 601. The molecule has 35 heavy (non-hydrogen) atoms. The molecule has 1 aliphatic carbocycles. The summed E-state index contributed by atoms with van der Waals surface area (Å²) < 4.78 is 28.1. The van der Waals surface area contributed by atoms with Crippen LogP contribution in [-0.4, -0.2) is 47.3 Å². The molecule has 0 heterocycles. The SMILES string of the molecule is O=C(NC1CCC(NC(=O)C(F)=CCCCCCCCCO)C1)C(F)=CCCCCCCCCO. The van der Waals surface area contributed by atoms with E-state index in [4.69, 9.17) is 10.2 Å². The molecule has 8 heteroatoms. The molecular formula is C27H46F2N2O4. The van der Waals surface area contributed by atoms with Crippen LogP contribution in [0.25, 0.3) is 0 Å². The fourth-order valence-electron chi connectivity index (χ4n) is 4.32. The van der Waals surface area contributed by atoms with Gasteiger partial charge in [-0.3, -0.25) is 9.59 Å². The number of aliphatic hydroxyl groups is 2. The van der Waals surface area contributed by atoms with Gasteiger partial charge in [-0.2, -0.15) is 0 Å². The number of unbranched alkanes of at least 4 members (excludes halogenated alkanes) is 12. The Morgan fingerprint density at radius 2 is 0.971 bits per heavy atom. The largest absolute Gasteiger partial charge is 0.396 e. The highest BCUT2D eigenvalue weighted by atomic mass is 19.1. The molecule has 6 nitrogen and oxygen atoms in total. The van der Waals surface area contributed by atoms with E-state index in [0.29, 0.717) is 32.1 Å². The van der Waals surface area contributed by atoms with Crippen molar-refractivity contribution in [3.05, 3.63) is 23.8 Å². The first kappa shape index (κ1) is 31.2. The highest BCUT2D eigenvalue weighted by molar-refractivity contribution is 5.92. The Balaban J connectivity index is 2.19. The third-order valence-electron chi connectivity index (χ3n) is 6.41. The molecule has 0 aromatic rings. The molecule has 0 bridgehead atoms. The number of amides is 2. The summed E-state index contributed by atoms with van der Waals surface area (Å²) in [7, 11) is 0.